The van der Waals surface area contributed by atoms with Crippen LogP contribution in [0.2, 0.25) is 0 Å². The molecule has 1 atom stereocenters. The number of hydrazine groups is 1. The lowest BCUT2D eigenvalue weighted by atomic mass is 10.1. The Kier molecular flexibility index (Phi) is 6.74. The Bertz CT molecular complexity index is 859. The van der Waals surface area contributed by atoms with Gasteiger partial charge in [0.1, 0.15) is 17.5 Å². The molecule has 0 aliphatic heterocycles. The number of rotatable bonds is 7. The molecule has 2 rings (SSSR count). The summed E-state index contributed by atoms with van der Waals surface area (Å²) < 4.78 is 5.48. The Hall–Kier alpha value is -3.57. The average molecular weight is 368 g/mol. The molecule has 0 bridgehead atoms. The number of carbonyl (C=O) groups excluding carboxylic acids is 2. The second-order valence-electron chi connectivity index (χ2n) is 5.58. The topological polar surface area (TPSA) is 123 Å². The largest absolute Gasteiger partial charge is 0.508 e. The van der Waals surface area contributed by atoms with Gasteiger partial charge in [-0.1, -0.05) is 12.1 Å². The van der Waals surface area contributed by atoms with E-state index in [0.717, 1.165) is 0 Å². The van der Waals surface area contributed by atoms with E-state index in [-0.39, 0.29) is 17.2 Å². The number of carbonyl (C=O) groups is 2. The molecule has 0 spiro atoms. The molecule has 0 aliphatic rings. The number of phenols is 1. The summed E-state index contributed by atoms with van der Waals surface area (Å²) in [4.78, 5) is 23.7. The molecule has 0 saturated carbocycles. The fraction of sp³-hybridized carbons (Fsp3) is 0.211. The fourth-order valence-corrected chi connectivity index (χ4v) is 2.33. The van der Waals surface area contributed by atoms with Gasteiger partial charge in [-0.05, 0) is 36.8 Å². The van der Waals surface area contributed by atoms with E-state index < -0.39 is 11.9 Å². The summed E-state index contributed by atoms with van der Waals surface area (Å²) in [6, 6.07) is 12.0. The van der Waals surface area contributed by atoms with E-state index in [0.29, 0.717) is 23.6 Å². The Labute approximate surface area is 156 Å². The lowest BCUT2D eigenvalue weighted by Gasteiger charge is -2.15. The Balaban J connectivity index is 2.13. The van der Waals surface area contributed by atoms with Gasteiger partial charge in [-0.15, -0.1) is 0 Å². The number of nitriles is 1. The van der Waals surface area contributed by atoms with Crippen LogP contribution in [0.5, 0.6) is 11.5 Å². The smallest absolute Gasteiger partial charge is 0.269 e. The minimum absolute atomic E-state index is 0.0834. The zero-order valence-electron chi connectivity index (χ0n) is 14.9. The predicted octanol–water partition coefficient (Wildman–Crippen LogP) is 2.25. The lowest BCUT2D eigenvalue weighted by Crippen LogP contribution is -2.39. The first kappa shape index (κ1) is 19.8. The van der Waals surface area contributed by atoms with Gasteiger partial charge in [0.15, 0.2) is 0 Å². The van der Waals surface area contributed by atoms with Gasteiger partial charge >= 0.3 is 0 Å². The SMILES string of the molecule is CCOc1cc(NC(C)=O)ccc1C(=O)NNC(C#N)c1ccc(O)cc1. The number of amides is 2. The van der Waals surface area contributed by atoms with Crippen molar-refractivity contribution >= 4 is 17.5 Å². The van der Waals surface area contributed by atoms with Crippen molar-refractivity contribution in [2.45, 2.75) is 19.9 Å². The standard InChI is InChI=1S/C19H20N4O4/c1-3-27-18-10-14(21-12(2)24)6-9-16(18)19(26)23-22-17(11-20)13-4-7-15(25)8-5-13/h4-10,17,22,25H,3H2,1-2H3,(H,21,24)(H,23,26). The van der Waals surface area contributed by atoms with Crippen molar-refractivity contribution in [3.63, 3.8) is 0 Å². The van der Waals surface area contributed by atoms with Gasteiger partial charge in [0.05, 0.1) is 18.2 Å². The maximum atomic E-state index is 12.5. The van der Waals surface area contributed by atoms with Gasteiger partial charge in [0, 0.05) is 18.7 Å². The highest BCUT2D eigenvalue weighted by Crippen LogP contribution is 2.24. The third-order valence-corrected chi connectivity index (χ3v) is 3.53. The molecule has 1 unspecified atom stereocenters. The van der Waals surface area contributed by atoms with Gasteiger partial charge in [-0.3, -0.25) is 15.0 Å². The van der Waals surface area contributed by atoms with Crippen molar-refractivity contribution < 1.29 is 19.4 Å². The molecule has 27 heavy (non-hydrogen) atoms. The Morgan fingerprint density at radius 3 is 2.52 bits per heavy atom. The van der Waals surface area contributed by atoms with Crippen LogP contribution in [-0.2, 0) is 4.79 Å². The van der Waals surface area contributed by atoms with Crippen LogP contribution in [0.25, 0.3) is 0 Å². The van der Waals surface area contributed by atoms with Gasteiger partial charge in [0.2, 0.25) is 5.91 Å². The third-order valence-electron chi connectivity index (χ3n) is 3.53. The monoisotopic (exact) mass is 368 g/mol. The minimum Gasteiger partial charge on any atom is -0.508 e. The number of phenolic OH excluding ortho intramolecular Hbond substituents is 1. The van der Waals surface area contributed by atoms with E-state index >= 15 is 0 Å². The maximum Gasteiger partial charge on any atom is 0.269 e. The molecule has 140 valence electrons. The van der Waals surface area contributed by atoms with E-state index in [1.54, 1.807) is 31.2 Å². The van der Waals surface area contributed by atoms with E-state index in [1.807, 2.05) is 6.07 Å². The van der Waals surface area contributed by atoms with Crippen molar-refractivity contribution in [2.24, 2.45) is 0 Å². The molecule has 2 aromatic rings. The maximum absolute atomic E-state index is 12.5. The second-order valence-corrected chi connectivity index (χ2v) is 5.58. The van der Waals surface area contributed by atoms with E-state index in [9.17, 15) is 20.0 Å². The molecule has 0 heterocycles. The highest BCUT2D eigenvalue weighted by atomic mass is 16.5. The first-order valence-corrected chi connectivity index (χ1v) is 8.23. The molecular weight excluding hydrogens is 348 g/mol. The molecule has 2 amide bonds. The van der Waals surface area contributed by atoms with Crippen LogP contribution in [0, 0.1) is 11.3 Å². The summed E-state index contributed by atoms with van der Waals surface area (Å²) in [7, 11) is 0. The summed E-state index contributed by atoms with van der Waals surface area (Å²) in [5.41, 5.74) is 6.48. The lowest BCUT2D eigenvalue weighted by molar-refractivity contribution is -0.114. The minimum atomic E-state index is -0.802. The summed E-state index contributed by atoms with van der Waals surface area (Å²) in [6.07, 6.45) is 0. The molecular formula is C19H20N4O4. The normalized spacial score (nSPS) is 11.1. The number of nitrogens with one attached hydrogen (secondary N) is 3. The molecule has 0 radical (unpaired) electrons. The van der Waals surface area contributed by atoms with Crippen LogP contribution in [-0.4, -0.2) is 23.5 Å². The van der Waals surface area contributed by atoms with Crippen LogP contribution < -0.4 is 20.9 Å². The summed E-state index contributed by atoms with van der Waals surface area (Å²) in [5.74, 6) is -0.338. The zero-order chi connectivity index (χ0) is 19.8. The van der Waals surface area contributed by atoms with Crippen LogP contribution in [0.3, 0.4) is 0 Å². The molecule has 0 aliphatic carbocycles. The van der Waals surface area contributed by atoms with E-state index in [1.165, 1.54) is 25.1 Å². The molecule has 0 fully saturated rings. The first-order chi connectivity index (χ1) is 12.9. The Morgan fingerprint density at radius 2 is 1.93 bits per heavy atom. The predicted molar refractivity (Wildman–Crippen MR) is 99.0 cm³/mol. The van der Waals surface area contributed by atoms with E-state index in [4.69, 9.17) is 4.74 Å². The quantitative estimate of drug-likeness (QED) is 0.556. The van der Waals surface area contributed by atoms with Crippen LogP contribution in [0.4, 0.5) is 5.69 Å². The third kappa shape index (κ3) is 5.45. The van der Waals surface area contributed by atoms with Crippen molar-refractivity contribution in [1.82, 2.24) is 10.9 Å². The van der Waals surface area contributed by atoms with Crippen molar-refractivity contribution in [3.8, 4) is 17.6 Å². The molecule has 8 nitrogen and oxygen atoms in total. The Morgan fingerprint density at radius 1 is 1.22 bits per heavy atom. The average Bonchev–Trinajstić information content (AvgIpc) is 2.63. The van der Waals surface area contributed by atoms with Crippen LogP contribution in [0.15, 0.2) is 42.5 Å². The zero-order valence-corrected chi connectivity index (χ0v) is 14.9. The van der Waals surface area contributed by atoms with Gasteiger partial charge in [0.25, 0.3) is 5.91 Å². The number of ether oxygens (including phenoxy) is 1. The number of nitrogens with zero attached hydrogens (tertiary/aromatic N) is 1. The van der Waals surface area contributed by atoms with Crippen molar-refractivity contribution in [1.29, 1.82) is 5.26 Å². The number of benzene rings is 2. The fourth-order valence-electron chi connectivity index (χ4n) is 2.33. The van der Waals surface area contributed by atoms with Crippen molar-refractivity contribution in [3.05, 3.63) is 53.6 Å². The summed E-state index contributed by atoms with van der Waals surface area (Å²) >= 11 is 0. The summed E-state index contributed by atoms with van der Waals surface area (Å²) in [5, 5.41) is 21.2. The molecule has 8 heteroatoms. The van der Waals surface area contributed by atoms with Gasteiger partial charge in [-0.25, -0.2) is 5.43 Å². The number of hydrogen-bond donors (Lipinski definition) is 4. The highest BCUT2D eigenvalue weighted by Gasteiger charge is 2.16. The first-order valence-electron chi connectivity index (χ1n) is 8.23. The molecule has 2 aromatic carbocycles. The molecule has 0 aromatic heterocycles. The van der Waals surface area contributed by atoms with Crippen LogP contribution >= 0.6 is 0 Å². The molecule has 4 N–H and O–H groups in total. The number of hydrogen-bond acceptors (Lipinski definition) is 6. The van der Waals surface area contributed by atoms with Crippen molar-refractivity contribution in [2.75, 3.05) is 11.9 Å². The van der Waals surface area contributed by atoms with E-state index in [2.05, 4.69) is 16.2 Å². The van der Waals surface area contributed by atoms with Crippen LogP contribution in [0.1, 0.15) is 35.8 Å². The number of anilines is 1. The molecule has 0 saturated heterocycles. The van der Waals surface area contributed by atoms with Gasteiger partial charge < -0.3 is 15.2 Å². The highest BCUT2D eigenvalue weighted by molar-refractivity contribution is 5.98. The summed E-state index contributed by atoms with van der Waals surface area (Å²) in [6.45, 7) is 3.50. The van der Waals surface area contributed by atoms with Gasteiger partial charge in [-0.2, -0.15) is 5.26 Å². The number of aromatic hydroxyl groups is 1. The second kappa shape index (κ2) is 9.22.